The van der Waals surface area contributed by atoms with Crippen LogP contribution in [0.3, 0.4) is 0 Å². The van der Waals surface area contributed by atoms with Gasteiger partial charge in [-0.3, -0.25) is 4.40 Å². The van der Waals surface area contributed by atoms with Gasteiger partial charge in [-0.1, -0.05) is 18.2 Å². The number of imidazole rings is 1. The van der Waals surface area contributed by atoms with Crippen molar-refractivity contribution in [2.75, 3.05) is 0 Å². The van der Waals surface area contributed by atoms with Crippen LogP contribution in [-0.2, 0) is 0 Å². The van der Waals surface area contributed by atoms with Gasteiger partial charge in [0.05, 0.1) is 16.7 Å². The minimum atomic E-state index is 0.426. The van der Waals surface area contributed by atoms with Gasteiger partial charge in [0.2, 0.25) is 0 Å². The third kappa shape index (κ3) is 1.35. The van der Waals surface area contributed by atoms with Gasteiger partial charge < -0.3 is 0 Å². The van der Waals surface area contributed by atoms with Crippen molar-refractivity contribution in [3.63, 3.8) is 0 Å². The van der Waals surface area contributed by atoms with Gasteiger partial charge in [0.25, 0.3) is 0 Å². The molecule has 0 bridgehead atoms. The summed E-state index contributed by atoms with van der Waals surface area (Å²) >= 11 is 0. The van der Waals surface area contributed by atoms with Crippen LogP contribution in [-0.4, -0.2) is 14.4 Å². The summed E-state index contributed by atoms with van der Waals surface area (Å²) in [5.41, 5.74) is 4.16. The van der Waals surface area contributed by atoms with Crippen LogP contribution in [0.4, 0.5) is 0 Å². The van der Waals surface area contributed by atoms with E-state index in [0.29, 0.717) is 5.69 Å². The molecule has 0 atom stereocenters. The van der Waals surface area contributed by atoms with E-state index in [4.69, 9.17) is 5.26 Å². The number of fused-ring (bicyclic) bond motifs is 6. The highest BCUT2D eigenvalue weighted by atomic mass is 15.0. The molecule has 1 aromatic carbocycles. The number of pyridine rings is 2. The minimum absolute atomic E-state index is 0.426. The van der Waals surface area contributed by atoms with E-state index in [1.165, 1.54) is 0 Å². The molecular weight excluding hydrogens is 248 g/mol. The second-order valence-corrected chi connectivity index (χ2v) is 4.80. The third-order valence-electron chi connectivity index (χ3n) is 3.50. The quantitative estimate of drug-likeness (QED) is 0.455. The van der Waals surface area contributed by atoms with Crippen LogP contribution >= 0.6 is 0 Å². The number of aromatic nitrogens is 3. The zero-order chi connectivity index (χ0) is 13.7. The third-order valence-corrected chi connectivity index (χ3v) is 3.50. The smallest absolute Gasteiger partial charge is 0.147 e. The van der Waals surface area contributed by atoms with Gasteiger partial charge >= 0.3 is 0 Å². The van der Waals surface area contributed by atoms with Crippen molar-refractivity contribution >= 4 is 27.5 Å². The van der Waals surface area contributed by atoms with E-state index in [2.05, 4.69) is 20.4 Å². The Morgan fingerprint density at radius 1 is 1.05 bits per heavy atom. The zero-order valence-electron chi connectivity index (χ0n) is 10.8. The number of rotatable bonds is 0. The average Bonchev–Trinajstić information content (AvgIpc) is 2.89. The fourth-order valence-electron chi connectivity index (χ4n) is 2.66. The SMILES string of the molecule is Cc1cn2c3ccccc3c3nc(C#N)ccc3c2n1. The first-order chi connectivity index (χ1) is 9.78. The molecule has 0 aliphatic heterocycles. The first-order valence-corrected chi connectivity index (χ1v) is 6.35. The van der Waals surface area contributed by atoms with Crippen LogP contribution in [0.1, 0.15) is 11.4 Å². The van der Waals surface area contributed by atoms with Crippen LogP contribution in [0.15, 0.2) is 42.6 Å². The standard InChI is InChI=1S/C16H10N4/c1-10-9-20-14-5-3-2-4-12(14)15-13(16(20)18-10)7-6-11(8-17)19-15/h2-7,9H,1H3. The predicted octanol–water partition coefficient (Wildman–Crippen LogP) is 3.22. The van der Waals surface area contributed by atoms with Gasteiger partial charge in [-0.25, -0.2) is 9.97 Å². The number of hydrogen-bond donors (Lipinski definition) is 0. The van der Waals surface area contributed by atoms with Gasteiger partial charge in [0, 0.05) is 17.0 Å². The number of benzene rings is 1. The van der Waals surface area contributed by atoms with Gasteiger partial charge in [0.1, 0.15) is 17.4 Å². The Labute approximate surface area is 114 Å². The lowest BCUT2D eigenvalue weighted by molar-refractivity contribution is 1.25. The largest absolute Gasteiger partial charge is 0.299 e. The van der Waals surface area contributed by atoms with Gasteiger partial charge in [-0.05, 0) is 25.1 Å². The summed E-state index contributed by atoms with van der Waals surface area (Å²) in [6.45, 7) is 1.98. The van der Waals surface area contributed by atoms with Crippen molar-refractivity contribution in [3.8, 4) is 6.07 Å². The molecule has 0 N–H and O–H groups in total. The van der Waals surface area contributed by atoms with Crippen molar-refractivity contribution in [2.45, 2.75) is 6.92 Å². The van der Waals surface area contributed by atoms with Crippen LogP contribution in [0.25, 0.3) is 27.5 Å². The predicted molar refractivity (Wildman–Crippen MR) is 77.5 cm³/mol. The molecule has 0 aliphatic rings. The average molecular weight is 258 g/mol. The zero-order valence-corrected chi connectivity index (χ0v) is 10.8. The molecule has 3 aromatic heterocycles. The molecule has 3 heterocycles. The van der Waals surface area contributed by atoms with E-state index >= 15 is 0 Å². The highest BCUT2D eigenvalue weighted by Gasteiger charge is 2.11. The van der Waals surface area contributed by atoms with E-state index in [-0.39, 0.29) is 0 Å². The Balaban J connectivity index is 2.38. The first-order valence-electron chi connectivity index (χ1n) is 6.35. The first kappa shape index (κ1) is 10.9. The van der Waals surface area contributed by atoms with E-state index < -0.39 is 0 Å². The van der Waals surface area contributed by atoms with E-state index in [1.807, 2.05) is 43.5 Å². The summed E-state index contributed by atoms with van der Waals surface area (Å²) in [6.07, 6.45) is 2.02. The highest BCUT2D eigenvalue weighted by molar-refractivity contribution is 6.09. The van der Waals surface area contributed by atoms with Gasteiger partial charge in [-0.15, -0.1) is 0 Å². The van der Waals surface area contributed by atoms with Gasteiger partial charge in [0.15, 0.2) is 0 Å². The normalized spacial score (nSPS) is 11.2. The molecular formula is C16H10N4. The molecule has 4 nitrogen and oxygen atoms in total. The van der Waals surface area contributed by atoms with Crippen LogP contribution in [0, 0.1) is 18.3 Å². The molecule has 4 rings (SSSR count). The van der Waals surface area contributed by atoms with Crippen molar-refractivity contribution in [1.29, 1.82) is 5.26 Å². The molecule has 0 aliphatic carbocycles. The maximum atomic E-state index is 9.05. The molecule has 0 saturated heterocycles. The molecule has 94 valence electrons. The number of nitriles is 1. The molecule has 0 amide bonds. The van der Waals surface area contributed by atoms with Crippen molar-refractivity contribution in [1.82, 2.24) is 14.4 Å². The monoisotopic (exact) mass is 258 g/mol. The number of hydrogen-bond acceptors (Lipinski definition) is 3. The fourth-order valence-corrected chi connectivity index (χ4v) is 2.66. The van der Waals surface area contributed by atoms with Crippen molar-refractivity contribution in [3.05, 3.63) is 54.0 Å². The minimum Gasteiger partial charge on any atom is -0.299 e. The molecule has 4 aromatic rings. The Morgan fingerprint density at radius 2 is 1.90 bits per heavy atom. The van der Waals surface area contributed by atoms with Crippen molar-refractivity contribution < 1.29 is 0 Å². The van der Waals surface area contributed by atoms with E-state index in [9.17, 15) is 0 Å². The van der Waals surface area contributed by atoms with Crippen molar-refractivity contribution in [2.24, 2.45) is 0 Å². The molecule has 0 spiro atoms. The van der Waals surface area contributed by atoms with Crippen LogP contribution in [0.5, 0.6) is 0 Å². The van der Waals surface area contributed by atoms with Gasteiger partial charge in [-0.2, -0.15) is 5.26 Å². The summed E-state index contributed by atoms with van der Waals surface area (Å²) in [5.74, 6) is 0. The Hall–Kier alpha value is -2.93. The summed E-state index contributed by atoms with van der Waals surface area (Å²) in [6, 6.07) is 13.8. The Morgan fingerprint density at radius 3 is 2.75 bits per heavy atom. The molecule has 0 saturated carbocycles. The number of aryl methyl sites for hydroxylation is 1. The highest BCUT2D eigenvalue weighted by Crippen LogP contribution is 2.28. The number of nitrogens with zero attached hydrogens (tertiary/aromatic N) is 4. The summed E-state index contributed by atoms with van der Waals surface area (Å²) in [4.78, 5) is 9.05. The maximum absolute atomic E-state index is 9.05. The topological polar surface area (TPSA) is 54.0 Å². The van der Waals surface area contributed by atoms with E-state index in [0.717, 1.165) is 33.1 Å². The maximum Gasteiger partial charge on any atom is 0.147 e. The summed E-state index contributed by atoms with van der Waals surface area (Å²) in [7, 11) is 0. The molecule has 20 heavy (non-hydrogen) atoms. The van der Waals surface area contributed by atoms with Crippen LogP contribution < -0.4 is 0 Å². The second-order valence-electron chi connectivity index (χ2n) is 4.80. The second kappa shape index (κ2) is 3.78. The van der Waals surface area contributed by atoms with Crippen LogP contribution in [0.2, 0.25) is 0 Å². The lowest BCUT2D eigenvalue weighted by Gasteiger charge is -2.07. The van der Waals surface area contributed by atoms with E-state index in [1.54, 1.807) is 6.07 Å². The summed E-state index contributed by atoms with van der Waals surface area (Å²) < 4.78 is 2.08. The lowest BCUT2D eigenvalue weighted by Crippen LogP contribution is -1.93. The lowest BCUT2D eigenvalue weighted by atomic mass is 10.1. The summed E-state index contributed by atoms with van der Waals surface area (Å²) in [5, 5.41) is 11.1. The Kier molecular flexibility index (Phi) is 2.07. The molecule has 0 fully saturated rings. The number of para-hydroxylation sites is 1. The Bertz CT molecular complexity index is 1020. The molecule has 0 unspecified atom stereocenters. The fraction of sp³-hybridized carbons (Fsp3) is 0.0625. The molecule has 4 heteroatoms. The molecule has 0 radical (unpaired) electrons.